The quantitative estimate of drug-likeness (QED) is 0.713. The molecule has 0 bridgehead atoms. The fraction of sp³-hybridized carbons (Fsp3) is 0.625. The molecule has 1 aliphatic carbocycles. The molecule has 0 spiro atoms. The maximum atomic E-state index is 8.91. The van der Waals surface area contributed by atoms with E-state index in [9.17, 15) is 0 Å². The number of benzene rings is 1. The summed E-state index contributed by atoms with van der Waals surface area (Å²) >= 11 is 0. The minimum absolute atomic E-state index is 0.316. The molecule has 0 aliphatic heterocycles. The Morgan fingerprint density at radius 2 is 1.94 bits per heavy atom. The van der Waals surface area contributed by atoms with Crippen molar-refractivity contribution in [1.29, 1.82) is 0 Å². The molecule has 1 N–H and O–H groups in total. The molecular weight excluding hydrogens is 222 g/mol. The molecule has 1 aromatic rings. The van der Waals surface area contributed by atoms with Crippen LogP contribution in [0, 0.1) is 5.92 Å². The highest BCUT2D eigenvalue weighted by Gasteiger charge is 2.26. The fourth-order valence-electron chi connectivity index (χ4n) is 2.44. The van der Waals surface area contributed by atoms with Crippen molar-refractivity contribution in [3.05, 3.63) is 35.9 Å². The maximum absolute atomic E-state index is 8.91. The standard InChI is InChI=1S/C16H25NO/c1-14(16-7-3-2-4-8-16)17(11-5-6-12-18)13-15-9-10-15/h2-4,7-8,14-15,18H,5-6,9-13H2,1H3. The lowest BCUT2D eigenvalue weighted by atomic mass is 10.1. The highest BCUT2D eigenvalue weighted by Crippen LogP contribution is 2.32. The summed E-state index contributed by atoms with van der Waals surface area (Å²) in [5.74, 6) is 0.922. The Morgan fingerprint density at radius 3 is 2.56 bits per heavy atom. The van der Waals surface area contributed by atoms with Crippen LogP contribution in [0.25, 0.3) is 0 Å². The first kappa shape index (κ1) is 13.6. The Bertz CT molecular complexity index is 334. The van der Waals surface area contributed by atoms with Crippen molar-refractivity contribution in [3.63, 3.8) is 0 Å². The minimum atomic E-state index is 0.316. The van der Waals surface area contributed by atoms with Gasteiger partial charge in [0.05, 0.1) is 0 Å². The molecule has 1 saturated carbocycles. The monoisotopic (exact) mass is 247 g/mol. The van der Waals surface area contributed by atoms with E-state index in [1.807, 2.05) is 0 Å². The zero-order valence-electron chi connectivity index (χ0n) is 11.4. The summed E-state index contributed by atoms with van der Waals surface area (Å²) < 4.78 is 0. The molecule has 0 radical (unpaired) electrons. The van der Waals surface area contributed by atoms with Gasteiger partial charge in [-0.2, -0.15) is 0 Å². The lowest BCUT2D eigenvalue weighted by Gasteiger charge is -2.29. The van der Waals surface area contributed by atoms with Crippen molar-refractivity contribution < 1.29 is 5.11 Å². The lowest BCUT2D eigenvalue weighted by Crippen LogP contribution is -2.30. The third-order valence-corrected chi connectivity index (χ3v) is 3.87. The summed E-state index contributed by atoms with van der Waals surface area (Å²) in [6.07, 6.45) is 4.82. The number of hydrogen-bond acceptors (Lipinski definition) is 2. The normalized spacial score (nSPS) is 17.1. The average Bonchev–Trinajstić information content (AvgIpc) is 3.22. The van der Waals surface area contributed by atoms with E-state index in [0.717, 1.165) is 25.3 Å². The number of nitrogens with zero attached hydrogens (tertiary/aromatic N) is 1. The first-order valence-corrected chi connectivity index (χ1v) is 7.21. The molecule has 18 heavy (non-hydrogen) atoms. The van der Waals surface area contributed by atoms with Crippen LogP contribution in [0.4, 0.5) is 0 Å². The molecule has 1 atom stereocenters. The number of rotatable bonds is 8. The summed E-state index contributed by atoms with van der Waals surface area (Å²) in [7, 11) is 0. The van der Waals surface area contributed by atoms with Crippen molar-refractivity contribution >= 4 is 0 Å². The molecule has 2 heteroatoms. The van der Waals surface area contributed by atoms with Gasteiger partial charge in [0, 0.05) is 19.2 Å². The van der Waals surface area contributed by atoms with Crippen molar-refractivity contribution in [2.45, 2.75) is 38.6 Å². The molecule has 0 aromatic heterocycles. The molecule has 0 saturated heterocycles. The summed E-state index contributed by atoms with van der Waals surface area (Å²) in [6.45, 7) is 4.95. The maximum Gasteiger partial charge on any atom is 0.0431 e. The van der Waals surface area contributed by atoms with Crippen LogP contribution < -0.4 is 0 Å². The Labute approximate surface area is 111 Å². The molecule has 1 unspecified atom stereocenters. The Kier molecular flexibility index (Phi) is 5.21. The van der Waals surface area contributed by atoms with Gasteiger partial charge < -0.3 is 5.11 Å². The van der Waals surface area contributed by atoms with E-state index >= 15 is 0 Å². The van der Waals surface area contributed by atoms with Crippen molar-refractivity contribution in [2.24, 2.45) is 5.92 Å². The summed E-state index contributed by atoms with van der Waals surface area (Å²) in [6, 6.07) is 11.2. The number of aliphatic hydroxyl groups excluding tert-OH is 1. The summed E-state index contributed by atoms with van der Waals surface area (Å²) in [4.78, 5) is 2.59. The van der Waals surface area contributed by atoms with Gasteiger partial charge in [0.1, 0.15) is 0 Å². The van der Waals surface area contributed by atoms with Gasteiger partial charge in [-0.25, -0.2) is 0 Å². The third-order valence-electron chi connectivity index (χ3n) is 3.87. The van der Waals surface area contributed by atoms with Crippen LogP contribution in [0.2, 0.25) is 0 Å². The van der Waals surface area contributed by atoms with E-state index in [0.29, 0.717) is 12.6 Å². The molecule has 0 heterocycles. The van der Waals surface area contributed by atoms with E-state index in [1.54, 1.807) is 0 Å². The van der Waals surface area contributed by atoms with Gasteiger partial charge in [-0.05, 0) is 50.6 Å². The first-order valence-electron chi connectivity index (χ1n) is 7.21. The van der Waals surface area contributed by atoms with Crippen LogP contribution in [-0.4, -0.2) is 29.7 Å². The molecule has 2 rings (SSSR count). The second-order valence-electron chi connectivity index (χ2n) is 5.46. The van der Waals surface area contributed by atoms with Crippen LogP contribution in [0.1, 0.15) is 44.2 Å². The Hall–Kier alpha value is -0.860. The van der Waals surface area contributed by atoms with Gasteiger partial charge in [-0.3, -0.25) is 4.90 Å². The van der Waals surface area contributed by atoms with Gasteiger partial charge in [-0.15, -0.1) is 0 Å². The number of hydrogen-bond donors (Lipinski definition) is 1. The molecule has 0 amide bonds. The van der Waals surface area contributed by atoms with Crippen molar-refractivity contribution in [1.82, 2.24) is 4.90 Å². The van der Waals surface area contributed by atoms with E-state index in [-0.39, 0.29) is 0 Å². The van der Waals surface area contributed by atoms with E-state index in [1.165, 1.54) is 24.9 Å². The predicted octanol–water partition coefficient (Wildman–Crippen LogP) is 3.23. The lowest BCUT2D eigenvalue weighted by molar-refractivity contribution is 0.189. The SMILES string of the molecule is CC(c1ccccc1)N(CCCCO)CC1CC1. The highest BCUT2D eigenvalue weighted by molar-refractivity contribution is 5.18. The smallest absolute Gasteiger partial charge is 0.0431 e. The summed E-state index contributed by atoms with van der Waals surface area (Å²) in [5, 5.41) is 8.91. The van der Waals surface area contributed by atoms with E-state index < -0.39 is 0 Å². The fourth-order valence-corrected chi connectivity index (χ4v) is 2.44. The largest absolute Gasteiger partial charge is 0.396 e. The number of unbranched alkanes of at least 4 members (excludes halogenated alkanes) is 1. The Balaban J connectivity index is 1.93. The highest BCUT2D eigenvalue weighted by atomic mass is 16.2. The first-order chi connectivity index (χ1) is 8.81. The van der Waals surface area contributed by atoms with Gasteiger partial charge in [0.25, 0.3) is 0 Å². The van der Waals surface area contributed by atoms with Gasteiger partial charge in [0.2, 0.25) is 0 Å². The van der Waals surface area contributed by atoms with Crippen molar-refractivity contribution in [3.8, 4) is 0 Å². The molecule has 1 aromatic carbocycles. The van der Waals surface area contributed by atoms with E-state index in [2.05, 4.69) is 42.2 Å². The Morgan fingerprint density at radius 1 is 1.22 bits per heavy atom. The minimum Gasteiger partial charge on any atom is -0.396 e. The van der Waals surface area contributed by atoms with Crippen LogP contribution in [-0.2, 0) is 0 Å². The second-order valence-corrected chi connectivity index (χ2v) is 5.46. The van der Waals surface area contributed by atoms with Crippen molar-refractivity contribution in [2.75, 3.05) is 19.7 Å². The van der Waals surface area contributed by atoms with Crippen LogP contribution in [0.3, 0.4) is 0 Å². The molecular formula is C16H25NO. The summed E-state index contributed by atoms with van der Waals surface area (Å²) in [5.41, 5.74) is 1.40. The topological polar surface area (TPSA) is 23.5 Å². The molecule has 1 aliphatic rings. The zero-order chi connectivity index (χ0) is 12.8. The predicted molar refractivity (Wildman–Crippen MR) is 75.5 cm³/mol. The third kappa shape index (κ3) is 4.11. The average molecular weight is 247 g/mol. The second kappa shape index (κ2) is 6.91. The van der Waals surface area contributed by atoms with Gasteiger partial charge in [-0.1, -0.05) is 30.3 Å². The number of aliphatic hydroxyl groups is 1. The zero-order valence-corrected chi connectivity index (χ0v) is 11.4. The van der Waals surface area contributed by atoms with Crippen LogP contribution in [0.15, 0.2) is 30.3 Å². The molecule has 2 nitrogen and oxygen atoms in total. The van der Waals surface area contributed by atoms with Gasteiger partial charge >= 0.3 is 0 Å². The van der Waals surface area contributed by atoms with Gasteiger partial charge in [0.15, 0.2) is 0 Å². The van der Waals surface area contributed by atoms with Crippen LogP contribution >= 0.6 is 0 Å². The molecule has 1 fully saturated rings. The van der Waals surface area contributed by atoms with Crippen LogP contribution in [0.5, 0.6) is 0 Å². The van der Waals surface area contributed by atoms with E-state index in [4.69, 9.17) is 5.11 Å². The molecule has 100 valence electrons.